The van der Waals surface area contributed by atoms with Gasteiger partial charge in [-0.25, -0.2) is 0 Å². The summed E-state index contributed by atoms with van der Waals surface area (Å²) in [5.74, 6) is 0. The molecule has 0 spiro atoms. The summed E-state index contributed by atoms with van der Waals surface area (Å²) in [7, 11) is 1.60. The molecule has 0 saturated carbocycles. The molecule has 0 aromatic rings. The lowest BCUT2D eigenvalue weighted by molar-refractivity contribution is -0.0188. The van der Waals surface area contributed by atoms with Gasteiger partial charge in [0.2, 0.25) is 0 Å². The number of hydrogen-bond acceptors (Lipinski definition) is 3. The monoisotopic (exact) mass is 221 g/mol. The van der Waals surface area contributed by atoms with E-state index in [4.69, 9.17) is 15.0 Å². The van der Waals surface area contributed by atoms with Gasteiger partial charge >= 0.3 is 5.71 Å². The Hall–Kier alpha value is -1.42. The van der Waals surface area contributed by atoms with Crippen LogP contribution in [0.3, 0.4) is 0 Å². The zero-order chi connectivity index (χ0) is 11.4. The molecule has 0 radical (unpaired) electrons. The maximum Gasteiger partial charge on any atom is 0.324 e. The average molecular weight is 221 g/mol. The van der Waals surface area contributed by atoms with Gasteiger partial charge in [-0.1, -0.05) is 0 Å². The normalized spacial score (nSPS) is 25.3. The molecule has 1 aliphatic carbocycles. The van der Waals surface area contributed by atoms with Gasteiger partial charge in [-0.3, -0.25) is 0 Å². The van der Waals surface area contributed by atoms with E-state index in [0.29, 0.717) is 5.71 Å². The lowest BCUT2D eigenvalue weighted by atomic mass is 10.1. The van der Waals surface area contributed by atoms with E-state index in [9.17, 15) is 0 Å². The fourth-order valence-electron chi connectivity index (χ4n) is 1.87. The van der Waals surface area contributed by atoms with E-state index in [-0.39, 0.29) is 6.10 Å². The van der Waals surface area contributed by atoms with Crippen molar-refractivity contribution in [2.24, 2.45) is 0 Å². The Bertz CT molecular complexity index is 363. The molecule has 1 heterocycles. The molecule has 0 aromatic heterocycles. The Kier molecular flexibility index (Phi) is 3.51. The van der Waals surface area contributed by atoms with Crippen LogP contribution < -0.4 is 0 Å². The molecule has 5 nitrogen and oxygen atoms in total. The minimum atomic E-state index is -0.271. The van der Waals surface area contributed by atoms with Crippen molar-refractivity contribution in [2.45, 2.75) is 6.10 Å². The van der Waals surface area contributed by atoms with Crippen LogP contribution in [0.2, 0.25) is 0 Å². The maximum absolute atomic E-state index is 8.78. The largest absolute Gasteiger partial charge is 0.378 e. The molecule has 1 aliphatic heterocycles. The van der Waals surface area contributed by atoms with Crippen molar-refractivity contribution in [3.05, 3.63) is 29.5 Å². The molecule has 86 valence electrons. The molecule has 16 heavy (non-hydrogen) atoms. The second kappa shape index (κ2) is 5.07. The summed E-state index contributed by atoms with van der Waals surface area (Å²) < 4.78 is 10.5. The van der Waals surface area contributed by atoms with Gasteiger partial charge in [0, 0.05) is 32.0 Å². The van der Waals surface area contributed by atoms with Gasteiger partial charge in [0.15, 0.2) is 6.10 Å². The molecule has 0 bridgehead atoms. The third-order valence-corrected chi connectivity index (χ3v) is 2.78. The highest BCUT2D eigenvalue weighted by atomic mass is 16.5. The van der Waals surface area contributed by atoms with Crippen molar-refractivity contribution in [3.8, 4) is 0 Å². The first-order valence-electron chi connectivity index (χ1n) is 5.32. The number of methoxy groups -OCH3 is 1. The highest BCUT2D eigenvalue weighted by Gasteiger charge is 2.24. The van der Waals surface area contributed by atoms with Gasteiger partial charge in [0.25, 0.3) is 0 Å². The molecule has 1 unspecified atom stereocenters. The van der Waals surface area contributed by atoms with Crippen molar-refractivity contribution >= 4 is 5.71 Å². The number of morpholine rings is 1. The third-order valence-electron chi connectivity index (χ3n) is 2.78. The maximum atomic E-state index is 8.78. The highest BCUT2D eigenvalue weighted by molar-refractivity contribution is 5.97. The number of allylic oxidation sites excluding steroid dienone is 1. The first kappa shape index (κ1) is 11.1. The summed E-state index contributed by atoms with van der Waals surface area (Å²) in [4.78, 5) is 5.43. The fraction of sp³-hybridized carbons (Fsp3) is 0.545. The zero-order valence-electron chi connectivity index (χ0n) is 9.30. The van der Waals surface area contributed by atoms with Crippen molar-refractivity contribution < 1.29 is 14.3 Å². The van der Waals surface area contributed by atoms with Crippen LogP contribution in [0, 0.1) is 0 Å². The average Bonchev–Trinajstić information content (AvgIpc) is 2.39. The predicted octanol–water partition coefficient (Wildman–Crippen LogP) is 0.458. The second-order valence-electron chi connectivity index (χ2n) is 3.71. The Morgan fingerprint density at radius 1 is 1.44 bits per heavy atom. The fourth-order valence-corrected chi connectivity index (χ4v) is 1.87. The summed E-state index contributed by atoms with van der Waals surface area (Å²) in [5, 5.41) is 0. The molecule has 5 heteroatoms. The minimum absolute atomic E-state index is 0.271. The first-order chi connectivity index (χ1) is 7.85. The molecule has 0 amide bonds. The van der Waals surface area contributed by atoms with Crippen LogP contribution in [0.4, 0.5) is 0 Å². The van der Waals surface area contributed by atoms with Crippen LogP contribution in [0.15, 0.2) is 23.9 Å². The Morgan fingerprint density at radius 3 is 2.81 bits per heavy atom. The van der Waals surface area contributed by atoms with Crippen LogP contribution in [-0.2, 0) is 9.47 Å². The summed E-state index contributed by atoms with van der Waals surface area (Å²) in [6, 6.07) is 0. The number of ether oxygens (including phenoxy) is 2. The number of hydrogen-bond donors (Lipinski definition) is 0. The third kappa shape index (κ3) is 2.22. The van der Waals surface area contributed by atoms with E-state index in [1.165, 1.54) is 0 Å². The molecular weight excluding hydrogens is 206 g/mol. The highest BCUT2D eigenvalue weighted by Crippen LogP contribution is 2.16. The van der Waals surface area contributed by atoms with Gasteiger partial charge in [-0.05, 0) is 12.2 Å². The summed E-state index contributed by atoms with van der Waals surface area (Å²) in [6.07, 6.45) is 5.41. The molecule has 0 aromatic carbocycles. The van der Waals surface area contributed by atoms with E-state index in [0.717, 1.165) is 32.0 Å². The van der Waals surface area contributed by atoms with E-state index in [1.54, 1.807) is 13.2 Å². The van der Waals surface area contributed by atoms with Crippen molar-refractivity contribution in [1.82, 2.24) is 4.90 Å². The van der Waals surface area contributed by atoms with E-state index < -0.39 is 0 Å². The van der Waals surface area contributed by atoms with Gasteiger partial charge in [-0.15, -0.1) is 0 Å². The van der Waals surface area contributed by atoms with Gasteiger partial charge in [-0.2, -0.15) is 4.79 Å². The first-order valence-corrected chi connectivity index (χ1v) is 5.32. The lowest BCUT2D eigenvalue weighted by Gasteiger charge is -2.31. The van der Waals surface area contributed by atoms with Crippen molar-refractivity contribution in [2.75, 3.05) is 33.4 Å². The van der Waals surface area contributed by atoms with E-state index >= 15 is 0 Å². The molecule has 1 atom stereocenters. The minimum Gasteiger partial charge on any atom is -0.378 e. The molecule has 0 N–H and O–H groups in total. The van der Waals surface area contributed by atoms with E-state index in [1.807, 2.05) is 12.2 Å². The SMILES string of the molecule is COC1C=C(N2CCOCC2)C=CC1=[N+]=[N-]. The quantitative estimate of drug-likeness (QED) is 0.502. The molecule has 2 rings (SSSR count). The van der Waals surface area contributed by atoms with Gasteiger partial charge in [0.05, 0.1) is 13.2 Å². The Labute approximate surface area is 94.6 Å². The predicted molar refractivity (Wildman–Crippen MR) is 59.0 cm³/mol. The molecule has 2 aliphatic rings. The van der Waals surface area contributed by atoms with Crippen LogP contribution in [-0.4, -0.2) is 54.9 Å². The van der Waals surface area contributed by atoms with E-state index in [2.05, 4.69) is 9.69 Å². The van der Waals surface area contributed by atoms with Crippen molar-refractivity contribution in [3.63, 3.8) is 0 Å². The van der Waals surface area contributed by atoms with Gasteiger partial charge in [0.1, 0.15) is 0 Å². The summed E-state index contributed by atoms with van der Waals surface area (Å²) in [5.41, 5.74) is 10.4. The standard InChI is InChI=1S/C11H15N3O2/c1-15-11-8-9(2-3-10(11)13-12)14-4-6-16-7-5-14/h2-3,8,11H,4-7H2,1H3. The van der Waals surface area contributed by atoms with Gasteiger partial charge < -0.3 is 19.9 Å². The number of rotatable bonds is 2. The zero-order valence-corrected chi connectivity index (χ0v) is 9.30. The Balaban J connectivity index is 2.14. The Morgan fingerprint density at radius 2 is 2.19 bits per heavy atom. The lowest BCUT2D eigenvalue weighted by Crippen LogP contribution is -2.37. The molecule has 1 fully saturated rings. The van der Waals surface area contributed by atoms with Crippen molar-refractivity contribution in [1.29, 1.82) is 0 Å². The summed E-state index contributed by atoms with van der Waals surface area (Å²) >= 11 is 0. The topological polar surface area (TPSA) is 58.1 Å². The van der Waals surface area contributed by atoms with Crippen LogP contribution in [0.5, 0.6) is 0 Å². The van der Waals surface area contributed by atoms with Crippen LogP contribution in [0.1, 0.15) is 0 Å². The summed E-state index contributed by atoms with van der Waals surface area (Å²) in [6.45, 7) is 3.28. The molecular formula is C11H15N3O2. The number of nitrogens with zero attached hydrogens (tertiary/aromatic N) is 3. The smallest absolute Gasteiger partial charge is 0.324 e. The van der Waals surface area contributed by atoms with Crippen LogP contribution >= 0.6 is 0 Å². The van der Waals surface area contributed by atoms with Crippen LogP contribution in [0.25, 0.3) is 5.53 Å². The second-order valence-corrected chi connectivity index (χ2v) is 3.71. The molecule has 1 saturated heterocycles.